The summed E-state index contributed by atoms with van der Waals surface area (Å²) in [6.07, 6.45) is 11.4. The molecule has 6 nitrogen and oxygen atoms in total. The molecule has 8 heteroatoms. The second-order valence-corrected chi connectivity index (χ2v) is 18.6. The molecule has 0 spiro atoms. The molecule has 0 saturated heterocycles. The van der Waals surface area contributed by atoms with Gasteiger partial charge in [0.25, 0.3) is 0 Å². The summed E-state index contributed by atoms with van der Waals surface area (Å²) in [6, 6.07) is 0. The molecular formula is C30H60N2O4P2+2. The van der Waals surface area contributed by atoms with Crippen LogP contribution >= 0.6 is 14.3 Å². The van der Waals surface area contributed by atoms with Crippen LogP contribution in [0, 0.1) is 0 Å². The predicted molar refractivity (Wildman–Crippen MR) is 169 cm³/mol. The van der Waals surface area contributed by atoms with Gasteiger partial charge in [0.1, 0.15) is 25.3 Å². The highest BCUT2D eigenvalue weighted by Gasteiger charge is 2.34. The zero-order chi connectivity index (χ0) is 29.3. The van der Waals surface area contributed by atoms with Crippen LogP contribution < -0.4 is 0 Å². The lowest BCUT2D eigenvalue weighted by Gasteiger charge is -2.41. The number of nitrogens with zero attached hydrogens (tertiary/aromatic N) is 2. The van der Waals surface area contributed by atoms with Crippen molar-refractivity contribution in [3.8, 4) is 0 Å². The molecule has 0 aromatic rings. The predicted octanol–water partition coefficient (Wildman–Crippen LogP) is 5.67. The Hall–Kier alpha value is -0.740. The van der Waals surface area contributed by atoms with Crippen molar-refractivity contribution in [3.63, 3.8) is 0 Å². The molecule has 0 aromatic carbocycles. The fourth-order valence-electron chi connectivity index (χ4n) is 5.73. The molecule has 0 radical (unpaired) electrons. The molecule has 38 heavy (non-hydrogen) atoms. The third kappa shape index (κ3) is 13.1. The zero-order valence-corrected chi connectivity index (χ0v) is 26.9. The number of unbranched alkanes of at least 4 members (excludes halogenated alkanes) is 1. The number of aliphatic hydroxyl groups excluding tert-OH is 2. The van der Waals surface area contributed by atoms with Crippen LogP contribution in [0.4, 0.5) is 0 Å². The first kappa shape index (κ1) is 37.3. The highest BCUT2D eigenvalue weighted by Crippen LogP contribution is 2.46. The Bertz CT molecular complexity index is 712. The molecule has 0 bridgehead atoms. The third-order valence-corrected chi connectivity index (χ3v) is 15.0. The van der Waals surface area contributed by atoms with Crippen LogP contribution in [0.2, 0.25) is 0 Å². The average molecular weight is 575 g/mol. The summed E-state index contributed by atoms with van der Waals surface area (Å²) in [4.78, 5) is 0. The summed E-state index contributed by atoms with van der Waals surface area (Å²) in [5.41, 5.74) is 0. The lowest BCUT2D eigenvalue weighted by Crippen LogP contribution is -2.55. The lowest BCUT2D eigenvalue weighted by atomic mass is 10.1. The van der Waals surface area contributed by atoms with Crippen molar-refractivity contribution in [2.24, 2.45) is 0 Å². The quantitative estimate of drug-likeness (QED) is 0.0638. The first-order chi connectivity index (χ1) is 17.9. The largest absolute Gasteiger partial charge is 0.387 e. The Morgan fingerprint density at radius 2 is 0.868 bits per heavy atom. The van der Waals surface area contributed by atoms with E-state index in [1.165, 1.54) is 0 Å². The van der Waals surface area contributed by atoms with Crippen LogP contribution in [0.15, 0.2) is 50.6 Å². The van der Waals surface area contributed by atoms with E-state index in [0.29, 0.717) is 85.2 Å². The number of hydrogen-bond donors (Lipinski definition) is 2. The molecule has 0 saturated carbocycles. The van der Waals surface area contributed by atoms with Gasteiger partial charge in [-0.3, -0.25) is 0 Å². The van der Waals surface area contributed by atoms with Crippen molar-refractivity contribution in [2.45, 2.75) is 52.7 Å². The zero-order valence-electron chi connectivity index (χ0n) is 25.1. The van der Waals surface area contributed by atoms with Gasteiger partial charge in [-0.15, -0.1) is 0 Å². The molecule has 0 aromatic heterocycles. The van der Waals surface area contributed by atoms with E-state index in [4.69, 9.17) is 0 Å². The maximum Gasteiger partial charge on any atom is 0.110 e. The minimum Gasteiger partial charge on any atom is -0.387 e. The molecule has 2 atom stereocenters. The molecule has 0 rings (SSSR count). The first-order valence-electron chi connectivity index (χ1n) is 14.5. The molecule has 0 aliphatic rings. The van der Waals surface area contributed by atoms with Crippen molar-refractivity contribution in [3.05, 3.63) is 50.6 Å². The van der Waals surface area contributed by atoms with E-state index in [9.17, 15) is 19.3 Å². The standard InChI is InChI=1S/C30H60N2O4P2/c1-9-19-31(20-10-2,25-29(33)27-37(35,13-5)14-6)23-17-18-24-32(21-11-3,22-12-4)26-30(34)28-38(36,15-7)16-8/h9-12,29-30,33-34H,1-4,13-28H2,5-8H3/q+2. The second kappa shape index (κ2) is 18.6. The van der Waals surface area contributed by atoms with Gasteiger partial charge in [0.15, 0.2) is 0 Å². The maximum atomic E-state index is 13.0. The number of rotatable bonds is 25. The average Bonchev–Trinajstić information content (AvgIpc) is 2.87. The summed E-state index contributed by atoms with van der Waals surface area (Å²) in [5, 5.41) is 21.9. The van der Waals surface area contributed by atoms with E-state index in [-0.39, 0.29) is 0 Å². The Morgan fingerprint density at radius 3 is 1.08 bits per heavy atom. The van der Waals surface area contributed by atoms with E-state index in [1.807, 2.05) is 52.0 Å². The molecule has 0 amide bonds. The number of aliphatic hydroxyl groups is 2. The highest BCUT2D eigenvalue weighted by atomic mass is 31.2. The van der Waals surface area contributed by atoms with Crippen molar-refractivity contribution in [1.29, 1.82) is 0 Å². The van der Waals surface area contributed by atoms with E-state index in [0.717, 1.165) is 25.9 Å². The van der Waals surface area contributed by atoms with Crippen LogP contribution in [0.3, 0.4) is 0 Å². The van der Waals surface area contributed by atoms with Gasteiger partial charge in [-0.25, -0.2) is 0 Å². The summed E-state index contributed by atoms with van der Waals surface area (Å²) < 4.78 is 27.3. The van der Waals surface area contributed by atoms with E-state index in [2.05, 4.69) is 26.3 Å². The minimum absolute atomic E-state index is 0.365. The number of hydrogen-bond acceptors (Lipinski definition) is 4. The molecule has 0 heterocycles. The van der Waals surface area contributed by atoms with Crippen molar-refractivity contribution < 1.29 is 28.3 Å². The second-order valence-electron chi connectivity index (χ2n) is 11.1. The summed E-state index contributed by atoms with van der Waals surface area (Å²) in [7, 11) is -4.68. The molecule has 0 aliphatic carbocycles. The van der Waals surface area contributed by atoms with E-state index >= 15 is 0 Å². The molecule has 0 fully saturated rings. The van der Waals surface area contributed by atoms with Crippen LogP contribution in [-0.2, 0) is 9.13 Å². The van der Waals surface area contributed by atoms with Gasteiger partial charge in [0.2, 0.25) is 0 Å². The van der Waals surface area contributed by atoms with Gasteiger partial charge in [0.05, 0.1) is 53.6 Å². The van der Waals surface area contributed by atoms with E-state index in [1.54, 1.807) is 0 Å². The lowest BCUT2D eigenvalue weighted by molar-refractivity contribution is -0.926. The Balaban J connectivity index is 5.56. The van der Waals surface area contributed by atoms with Crippen molar-refractivity contribution in [1.82, 2.24) is 0 Å². The van der Waals surface area contributed by atoms with Gasteiger partial charge in [-0.1, -0.05) is 54.0 Å². The van der Waals surface area contributed by atoms with Gasteiger partial charge < -0.3 is 28.3 Å². The third-order valence-electron chi connectivity index (χ3n) is 8.17. The summed E-state index contributed by atoms with van der Waals surface area (Å²) in [6.45, 7) is 29.3. The minimum atomic E-state index is -2.34. The van der Waals surface area contributed by atoms with Crippen molar-refractivity contribution >= 4 is 14.3 Å². The fourth-order valence-corrected chi connectivity index (χ4v) is 9.42. The topological polar surface area (TPSA) is 74.6 Å². The van der Waals surface area contributed by atoms with Gasteiger partial charge in [-0.05, 0) is 49.0 Å². The molecule has 2 N–H and O–H groups in total. The van der Waals surface area contributed by atoms with Gasteiger partial charge >= 0.3 is 0 Å². The van der Waals surface area contributed by atoms with Crippen LogP contribution in [0.1, 0.15) is 40.5 Å². The first-order valence-corrected chi connectivity index (χ1v) is 19.1. The van der Waals surface area contributed by atoms with Crippen LogP contribution in [0.5, 0.6) is 0 Å². The van der Waals surface area contributed by atoms with E-state index < -0.39 is 26.5 Å². The Morgan fingerprint density at radius 1 is 0.605 bits per heavy atom. The van der Waals surface area contributed by atoms with Gasteiger partial charge in [0, 0.05) is 25.2 Å². The SMILES string of the molecule is C=CC[N+](CC=C)(CCCC[N+](CC=C)(CC=C)CC(O)CP(=O)(CC)CC)CC(O)CP(=O)(CC)CC. The van der Waals surface area contributed by atoms with Crippen molar-refractivity contribution in [2.75, 3.05) is 89.3 Å². The van der Waals surface area contributed by atoms with Crippen LogP contribution in [0.25, 0.3) is 0 Å². The number of quaternary nitrogens is 2. The summed E-state index contributed by atoms with van der Waals surface area (Å²) in [5.74, 6) is 0. The fraction of sp³-hybridized carbons (Fsp3) is 0.733. The molecule has 0 aliphatic heterocycles. The molecule has 222 valence electrons. The smallest absolute Gasteiger partial charge is 0.110 e. The summed E-state index contributed by atoms with van der Waals surface area (Å²) >= 11 is 0. The van der Waals surface area contributed by atoms with Gasteiger partial charge in [-0.2, -0.15) is 0 Å². The van der Waals surface area contributed by atoms with Crippen LogP contribution in [-0.4, -0.2) is 121 Å². The Labute approximate surface area is 235 Å². The molecule has 2 unspecified atom stereocenters. The normalized spacial score (nSPS) is 14.6. The highest BCUT2D eigenvalue weighted by molar-refractivity contribution is 7.64. The monoisotopic (exact) mass is 574 g/mol. The Kier molecular flexibility index (Phi) is 18.2. The molecular weight excluding hydrogens is 514 g/mol. The maximum absolute atomic E-state index is 13.0.